The minimum absolute atomic E-state index is 0.00112. The number of pyridine rings is 1. The molecule has 1 aliphatic rings. The molecule has 3 heterocycles. The number of aryl methyl sites for hydroxylation is 1. The molecular formula is C16H12N4O3. The second kappa shape index (κ2) is 4.91. The second-order valence-electron chi connectivity index (χ2n) is 5.36. The largest absolute Gasteiger partial charge is 0.482 e. The van der Waals surface area contributed by atoms with E-state index >= 15 is 0 Å². The van der Waals surface area contributed by atoms with Crippen molar-refractivity contribution in [3.05, 3.63) is 47.0 Å². The van der Waals surface area contributed by atoms with Gasteiger partial charge in [-0.15, -0.1) is 4.91 Å². The van der Waals surface area contributed by atoms with E-state index < -0.39 is 0 Å². The molecule has 2 aromatic heterocycles. The average Bonchev–Trinajstić information content (AvgIpc) is 2.91. The van der Waals surface area contributed by atoms with Gasteiger partial charge in [-0.25, -0.2) is 4.98 Å². The minimum atomic E-state index is -0.214. The Bertz CT molecular complexity index is 961. The van der Waals surface area contributed by atoms with E-state index in [2.05, 4.69) is 15.5 Å². The van der Waals surface area contributed by atoms with Crippen LogP contribution in [0, 0.1) is 11.8 Å². The summed E-state index contributed by atoms with van der Waals surface area (Å²) in [7, 11) is 0. The maximum Gasteiger partial charge on any atom is 0.262 e. The molecule has 0 saturated heterocycles. The first-order valence-electron chi connectivity index (χ1n) is 7.05. The zero-order valence-electron chi connectivity index (χ0n) is 12.2. The van der Waals surface area contributed by atoms with Crippen LogP contribution >= 0.6 is 0 Å². The Morgan fingerprint density at radius 3 is 3.00 bits per heavy atom. The van der Waals surface area contributed by atoms with Gasteiger partial charge in [-0.3, -0.25) is 9.20 Å². The van der Waals surface area contributed by atoms with E-state index in [9.17, 15) is 9.70 Å². The number of hydrogen-bond acceptors (Lipinski definition) is 5. The van der Waals surface area contributed by atoms with Crippen molar-refractivity contribution in [3.8, 4) is 17.0 Å². The topological polar surface area (TPSA) is 85.1 Å². The third kappa shape index (κ3) is 2.13. The Balaban J connectivity index is 1.90. The first-order valence-corrected chi connectivity index (χ1v) is 7.05. The predicted molar refractivity (Wildman–Crippen MR) is 84.9 cm³/mol. The summed E-state index contributed by atoms with van der Waals surface area (Å²) in [4.78, 5) is 27.3. The van der Waals surface area contributed by atoms with Crippen LogP contribution in [0.5, 0.6) is 5.75 Å². The molecule has 1 aliphatic heterocycles. The van der Waals surface area contributed by atoms with Gasteiger partial charge in [0.15, 0.2) is 6.61 Å². The molecular weight excluding hydrogens is 296 g/mol. The molecule has 0 atom stereocenters. The van der Waals surface area contributed by atoms with E-state index in [1.807, 2.05) is 25.3 Å². The lowest BCUT2D eigenvalue weighted by Crippen LogP contribution is -2.25. The smallest absolute Gasteiger partial charge is 0.262 e. The van der Waals surface area contributed by atoms with Crippen molar-refractivity contribution >= 4 is 23.1 Å². The summed E-state index contributed by atoms with van der Waals surface area (Å²) in [5, 5.41) is 5.88. The summed E-state index contributed by atoms with van der Waals surface area (Å²) < 4.78 is 6.99. The highest BCUT2D eigenvalue weighted by Crippen LogP contribution is 2.36. The molecule has 114 valence electrons. The predicted octanol–water partition coefficient (Wildman–Crippen LogP) is 3.04. The zero-order valence-corrected chi connectivity index (χ0v) is 12.2. The van der Waals surface area contributed by atoms with Crippen molar-refractivity contribution in [2.24, 2.45) is 5.18 Å². The van der Waals surface area contributed by atoms with Gasteiger partial charge < -0.3 is 10.1 Å². The van der Waals surface area contributed by atoms with Gasteiger partial charge >= 0.3 is 0 Å². The molecule has 1 amide bonds. The monoisotopic (exact) mass is 308 g/mol. The van der Waals surface area contributed by atoms with Gasteiger partial charge in [0.05, 0.1) is 5.69 Å². The summed E-state index contributed by atoms with van der Waals surface area (Å²) in [6.07, 6.45) is 1.81. The highest BCUT2D eigenvalue weighted by atomic mass is 16.5. The van der Waals surface area contributed by atoms with Crippen molar-refractivity contribution in [3.63, 3.8) is 0 Å². The number of imidazole rings is 1. The quantitative estimate of drug-likeness (QED) is 0.737. The van der Waals surface area contributed by atoms with E-state index in [-0.39, 0.29) is 18.3 Å². The fourth-order valence-electron chi connectivity index (χ4n) is 2.65. The van der Waals surface area contributed by atoms with Crippen molar-refractivity contribution in [2.45, 2.75) is 6.92 Å². The SMILES string of the molecule is Cc1ccc2nc(-c3ccc4c(c3)NC(=O)CO4)c(N=O)n2c1. The molecule has 0 radical (unpaired) electrons. The van der Waals surface area contributed by atoms with Gasteiger partial charge in [0, 0.05) is 11.8 Å². The number of amides is 1. The number of carbonyl (C=O) groups is 1. The van der Waals surface area contributed by atoms with Crippen LogP contribution in [-0.4, -0.2) is 21.9 Å². The molecule has 4 rings (SSSR count). The van der Waals surface area contributed by atoms with Gasteiger partial charge in [-0.05, 0) is 41.9 Å². The molecule has 0 aliphatic carbocycles. The first kappa shape index (κ1) is 13.4. The van der Waals surface area contributed by atoms with Crippen LogP contribution < -0.4 is 10.1 Å². The van der Waals surface area contributed by atoms with Gasteiger partial charge in [-0.2, -0.15) is 0 Å². The molecule has 0 fully saturated rings. The van der Waals surface area contributed by atoms with Gasteiger partial charge in [0.25, 0.3) is 5.91 Å². The molecule has 1 N–H and O–H groups in total. The number of benzene rings is 1. The van der Waals surface area contributed by atoms with Crippen molar-refractivity contribution < 1.29 is 9.53 Å². The number of nitrogens with one attached hydrogen (secondary N) is 1. The molecule has 0 spiro atoms. The number of nitrogens with zero attached hydrogens (tertiary/aromatic N) is 3. The highest BCUT2D eigenvalue weighted by Gasteiger charge is 2.20. The Morgan fingerprint density at radius 2 is 2.17 bits per heavy atom. The van der Waals surface area contributed by atoms with Gasteiger partial charge in [0.2, 0.25) is 5.82 Å². The van der Waals surface area contributed by atoms with Crippen LogP contribution in [0.2, 0.25) is 0 Å². The van der Waals surface area contributed by atoms with Crippen LogP contribution in [0.15, 0.2) is 41.7 Å². The van der Waals surface area contributed by atoms with E-state index in [4.69, 9.17) is 4.74 Å². The third-order valence-corrected chi connectivity index (χ3v) is 3.71. The number of nitroso groups, excluding NO2 is 1. The normalized spacial score (nSPS) is 13.3. The lowest BCUT2D eigenvalue weighted by Gasteiger charge is -2.18. The Kier molecular flexibility index (Phi) is 2.87. The lowest BCUT2D eigenvalue weighted by molar-refractivity contribution is -0.118. The average molecular weight is 308 g/mol. The van der Waals surface area contributed by atoms with Crippen LogP contribution in [0.4, 0.5) is 11.5 Å². The zero-order chi connectivity index (χ0) is 16.0. The Labute approximate surface area is 130 Å². The minimum Gasteiger partial charge on any atom is -0.482 e. The van der Waals surface area contributed by atoms with Crippen LogP contribution in [0.25, 0.3) is 16.9 Å². The molecule has 7 nitrogen and oxygen atoms in total. The first-order chi connectivity index (χ1) is 11.2. The van der Waals surface area contributed by atoms with E-state index in [1.54, 1.807) is 22.6 Å². The lowest BCUT2D eigenvalue weighted by atomic mass is 10.1. The maximum atomic E-state index is 11.5. The Hall–Kier alpha value is -3.22. The number of anilines is 1. The van der Waals surface area contributed by atoms with Gasteiger partial charge in [-0.1, -0.05) is 6.07 Å². The molecule has 0 saturated carbocycles. The number of aromatic nitrogens is 2. The maximum absolute atomic E-state index is 11.5. The standard InChI is InChI=1S/C16H12N4O3/c1-9-2-5-13-18-15(16(19-22)20(13)7-9)10-3-4-12-11(6-10)17-14(21)8-23-12/h2-7H,8H2,1H3,(H,17,21). The summed E-state index contributed by atoms with van der Waals surface area (Å²) in [6.45, 7) is 1.93. The molecule has 7 heteroatoms. The van der Waals surface area contributed by atoms with Crippen molar-refractivity contribution in [1.82, 2.24) is 9.38 Å². The van der Waals surface area contributed by atoms with E-state index in [0.29, 0.717) is 28.3 Å². The van der Waals surface area contributed by atoms with Crippen molar-refractivity contribution in [1.29, 1.82) is 0 Å². The van der Waals surface area contributed by atoms with Crippen LogP contribution in [0.1, 0.15) is 5.56 Å². The molecule has 3 aromatic rings. The Morgan fingerprint density at radius 1 is 1.30 bits per heavy atom. The number of carbonyl (C=O) groups excluding carboxylic acids is 1. The summed E-state index contributed by atoms with van der Waals surface area (Å²) in [5.41, 5.74) is 3.35. The summed E-state index contributed by atoms with van der Waals surface area (Å²) in [6, 6.07) is 9.02. The second-order valence-corrected chi connectivity index (χ2v) is 5.36. The third-order valence-electron chi connectivity index (χ3n) is 3.71. The number of ether oxygens (including phenoxy) is 1. The molecule has 1 aromatic carbocycles. The summed E-state index contributed by atoms with van der Waals surface area (Å²) in [5.74, 6) is 0.606. The number of rotatable bonds is 2. The highest BCUT2D eigenvalue weighted by molar-refractivity contribution is 5.96. The number of hydrogen-bond donors (Lipinski definition) is 1. The molecule has 23 heavy (non-hydrogen) atoms. The van der Waals surface area contributed by atoms with Crippen molar-refractivity contribution in [2.75, 3.05) is 11.9 Å². The molecule has 0 unspecified atom stereocenters. The van der Waals surface area contributed by atoms with E-state index in [0.717, 1.165) is 5.56 Å². The van der Waals surface area contributed by atoms with Crippen LogP contribution in [0.3, 0.4) is 0 Å². The van der Waals surface area contributed by atoms with Crippen LogP contribution in [-0.2, 0) is 4.79 Å². The molecule has 0 bridgehead atoms. The van der Waals surface area contributed by atoms with E-state index in [1.165, 1.54) is 0 Å². The fourth-order valence-corrected chi connectivity index (χ4v) is 2.65. The van der Waals surface area contributed by atoms with Gasteiger partial charge in [0.1, 0.15) is 17.1 Å². The summed E-state index contributed by atoms with van der Waals surface area (Å²) >= 11 is 0. The fraction of sp³-hybridized carbons (Fsp3) is 0.125. The number of fused-ring (bicyclic) bond motifs is 2.